The second kappa shape index (κ2) is 11.2. The number of aliphatic hydroxyl groups is 1. The molecule has 1 N–H and O–H groups in total. The minimum Gasteiger partial charge on any atom is -0.392 e. The number of fused-ring (bicyclic) bond motifs is 2. The number of hydrogen-bond donors (Lipinski definition) is 1. The van der Waals surface area contributed by atoms with Gasteiger partial charge in [-0.05, 0) is 72.9 Å². The van der Waals surface area contributed by atoms with E-state index in [-0.39, 0.29) is 5.92 Å². The number of benzene rings is 4. The highest BCUT2D eigenvalue weighted by molar-refractivity contribution is 9.10. The van der Waals surface area contributed by atoms with E-state index in [1.165, 1.54) is 5.39 Å². The fourth-order valence-corrected chi connectivity index (χ4v) is 5.78. The third-order valence-electron chi connectivity index (χ3n) is 7.12. The van der Waals surface area contributed by atoms with Crippen LogP contribution in [0.3, 0.4) is 0 Å². The number of nitrogens with zero attached hydrogens (tertiary/aromatic N) is 2. The van der Waals surface area contributed by atoms with Crippen molar-refractivity contribution in [2.45, 2.75) is 24.7 Å². The molecule has 4 aromatic carbocycles. The highest BCUT2D eigenvalue weighted by atomic mass is 79.9. The van der Waals surface area contributed by atoms with E-state index in [0.29, 0.717) is 6.42 Å². The van der Waals surface area contributed by atoms with Crippen molar-refractivity contribution in [3.8, 4) is 0 Å². The van der Waals surface area contributed by atoms with Crippen LogP contribution in [0.25, 0.3) is 16.8 Å². The molecule has 0 bridgehead atoms. The lowest BCUT2D eigenvalue weighted by atomic mass is 9.81. The van der Waals surface area contributed by atoms with Gasteiger partial charge in [-0.1, -0.05) is 82.7 Å². The van der Waals surface area contributed by atoms with E-state index in [2.05, 4.69) is 105 Å². The van der Waals surface area contributed by atoms with Crippen molar-refractivity contribution in [3.05, 3.63) is 112 Å². The van der Waals surface area contributed by atoms with Crippen molar-refractivity contribution in [3.63, 3.8) is 0 Å². The van der Waals surface area contributed by atoms with Crippen molar-refractivity contribution < 1.29 is 9.84 Å². The van der Waals surface area contributed by atoms with Gasteiger partial charge in [-0.2, -0.15) is 0 Å². The van der Waals surface area contributed by atoms with Gasteiger partial charge in [0.2, 0.25) is 0 Å². The van der Waals surface area contributed by atoms with Crippen molar-refractivity contribution in [2.75, 3.05) is 32.6 Å². The molecule has 0 aromatic heterocycles. The van der Waals surface area contributed by atoms with E-state index in [0.717, 1.165) is 44.5 Å². The van der Waals surface area contributed by atoms with Crippen LogP contribution >= 0.6 is 15.9 Å². The number of ether oxygens (including phenoxy) is 1. The standard InChI is InChI=1S/C32H33BrN2O2/c1-34(2)19-18-30(36)31(23-11-5-4-6-12-23)27-21-24-20-25(33)16-17-28(24)35(32(27)37-3)29-15-9-13-22-10-7-8-14-26(22)29/h4-17,20-21,30-32,36H,18-19H2,1-3H3/t30-,31+,32?/m0/s1. The first-order valence-corrected chi connectivity index (χ1v) is 13.5. The molecule has 3 atom stereocenters. The smallest absolute Gasteiger partial charge is 0.157 e. The molecule has 4 aromatic rings. The lowest BCUT2D eigenvalue weighted by molar-refractivity contribution is 0.0982. The number of aliphatic hydroxyl groups excluding tert-OH is 1. The van der Waals surface area contributed by atoms with E-state index in [1.807, 2.05) is 32.3 Å². The Hall–Kier alpha value is -2.96. The number of rotatable bonds is 8. The second-order valence-corrected chi connectivity index (χ2v) is 10.8. The number of halogens is 1. The molecule has 0 amide bonds. The molecule has 5 heteroatoms. The molecule has 190 valence electrons. The molecule has 37 heavy (non-hydrogen) atoms. The summed E-state index contributed by atoms with van der Waals surface area (Å²) in [5.41, 5.74) is 5.36. The number of anilines is 2. The maximum atomic E-state index is 11.7. The molecule has 0 saturated carbocycles. The Morgan fingerprint density at radius 1 is 0.919 bits per heavy atom. The van der Waals surface area contributed by atoms with Crippen LogP contribution in [0, 0.1) is 0 Å². The Kier molecular flexibility index (Phi) is 7.77. The topological polar surface area (TPSA) is 35.9 Å². The van der Waals surface area contributed by atoms with Gasteiger partial charge in [-0.15, -0.1) is 0 Å². The fourth-order valence-electron chi connectivity index (χ4n) is 5.40. The summed E-state index contributed by atoms with van der Waals surface area (Å²) in [7, 11) is 5.84. The third-order valence-corrected chi connectivity index (χ3v) is 7.61. The summed E-state index contributed by atoms with van der Waals surface area (Å²) >= 11 is 3.68. The lowest BCUT2D eigenvalue weighted by Gasteiger charge is -2.42. The molecule has 4 nitrogen and oxygen atoms in total. The Bertz CT molecular complexity index is 1400. The highest BCUT2D eigenvalue weighted by Crippen LogP contribution is 2.46. The second-order valence-electron chi connectivity index (χ2n) is 9.85. The van der Waals surface area contributed by atoms with Crippen LogP contribution in [0.15, 0.2) is 101 Å². The molecule has 0 fully saturated rings. The highest BCUT2D eigenvalue weighted by Gasteiger charge is 2.37. The predicted octanol–water partition coefficient (Wildman–Crippen LogP) is 7.21. The minimum atomic E-state index is -0.572. The molecule has 1 aliphatic heterocycles. The van der Waals surface area contributed by atoms with Crippen molar-refractivity contribution in [1.82, 2.24) is 4.90 Å². The fraction of sp³-hybridized carbons (Fsp3) is 0.250. The van der Waals surface area contributed by atoms with Crippen LogP contribution in [0.4, 0.5) is 11.4 Å². The maximum absolute atomic E-state index is 11.7. The van der Waals surface area contributed by atoms with Crippen LogP contribution in [-0.4, -0.2) is 50.1 Å². The van der Waals surface area contributed by atoms with Crippen LogP contribution in [-0.2, 0) is 4.74 Å². The molecule has 1 heterocycles. The van der Waals surface area contributed by atoms with E-state index < -0.39 is 12.3 Å². The molecule has 0 spiro atoms. The van der Waals surface area contributed by atoms with E-state index >= 15 is 0 Å². The predicted molar refractivity (Wildman–Crippen MR) is 157 cm³/mol. The first kappa shape index (κ1) is 25.7. The Balaban J connectivity index is 1.72. The average Bonchev–Trinajstić information content (AvgIpc) is 2.91. The summed E-state index contributed by atoms with van der Waals surface area (Å²) in [6.07, 6.45) is 1.90. The van der Waals surface area contributed by atoms with Crippen LogP contribution < -0.4 is 4.90 Å². The van der Waals surface area contributed by atoms with E-state index in [9.17, 15) is 5.11 Å². The third kappa shape index (κ3) is 5.23. The van der Waals surface area contributed by atoms with Gasteiger partial charge in [0, 0.05) is 29.4 Å². The van der Waals surface area contributed by atoms with Crippen molar-refractivity contribution in [1.29, 1.82) is 0 Å². The normalized spacial score (nSPS) is 17.0. The summed E-state index contributed by atoms with van der Waals surface area (Å²) in [5.74, 6) is -0.226. The largest absolute Gasteiger partial charge is 0.392 e. The summed E-state index contributed by atoms with van der Waals surface area (Å²) in [6.45, 7) is 0.796. The first-order valence-electron chi connectivity index (χ1n) is 12.7. The van der Waals surface area contributed by atoms with Gasteiger partial charge in [0.15, 0.2) is 6.23 Å². The van der Waals surface area contributed by atoms with Crippen LogP contribution in [0.2, 0.25) is 0 Å². The number of hydrogen-bond acceptors (Lipinski definition) is 4. The average molecular weight is 558 g/mol. The Morgan fingerprint density at radius 3 is 2.41 bits per heavy atom. The summed E-state index contributed by atoms with van der Waals surface area (Å²) in [6, 6.07) is 31.5. The summed E-state index contributed by atoms with van der Waals surface area (Å²) in [4.78, 5) is 4.40. The van der Waals surface area contributed by atoms with Gasteiger partial charge in [0.05, 0.1) is 17.5 Å². The van der Waals surface area contributed by atoms with Crippen molar-refractivity contribution >= 4 is 44.2 Å². The Labute approximate surface area is 227 Å². The Morgan fingerprint density at radius 2 is 1.65 bits per heavy atom. The number of methoxy groups -OCH3 is 1. The zero-order valence-corrected chi connectivity index (χ0v) is 23.1. The van der Waals surface area contributed by atoms with Gasteiger partial charge in [0.1, 0.15) is 0 Å². The van der Waals surface area contributed by atoms with E-state index in [1.54, 1.807) is 7.11 Å². The van der Waals surface area contributed by atoms with Gasteiger partial charge in [-0.25, -0.2) is 0 Å². The molecule has 0 radical (unpaired) electrons. The zero-order chi connectivity index (χ0) is 25.9. The molecule has 5 rings (SSSR count). The molecule has 0 saturated heterocycles. The van der Waals surface area contributed by atoms with Gasteiger partial charge >= 0.3 is 0 Å². The van der Waals surface area contributed by atoms with Gasteiger partial charge < -0.3 is 19.6 Å². The summed E-state index contributed by atoms with van der Waals surface area (Å²) in [5, 5.41) is 14.0. The molecular weight excluding hydrogens is 524 g/mol. The maximum Gasteiger partial charge on any atom is 0.157 e. The van der Waals surface area contributed by atoms with E-state index in [4.69, 9.17) is 4.74 Å². The zero-order valence-electron chi connectivity index (χ0n) is 21.5. The van der Waals surface area contributed by atoms with Crippen LogP contribution in [0.1, 0.15) is 23.5 Å². The first-order chi connectivity index (χ1) is 18.0. The molecule has 1 aliphatic rings. The molecule has 1 unspecified atom stereocenters. The molecule has 0 aliphatic carbocycles. The quantitative estimate of drug-likeness (QED) is 0.249. The molecular formula is C32H33BrN2O2. The summed E-state index contributed by atoms with van der Waals surface area (Å²) < 4.78 is 7.32. The monoisotopic (exact) mass is 556 g/mol. The lowest BCUT2D eigenvalue weighted by Crippen LogP contribution is -2.41. The van der Waals surface area contributed by atoms with Crippen LogP contribution in [0.5, 0.6) is 0 Å². The SMILES string of the molecule is COC1C([C@@H](c2ccccc2)[C@@H](O)CCN(C)C)=Cc2cc(Br)ccc2N1c1cccc2ccccc12. The van der Waals surface area contributed by atoms with Gasteiger partial charge in [-0.3, -0.25) is 0 Å². The minimum absolute atomic E-state index is 0.226. The van der Waals surface area contributed by atoms with Crippen molar-refractivity contribution in [2.24, 2.45) is 0 Å². The van der Waals surface area contributed by atoms with Gasteiger partial charge in [0.25, 0.3) is 0 Å².